The Morgan fingerprint density at radius 3 is 2.64 bits per heavy atom. The Labute approximate surface area is 152 Å². The molecule has 2 rings (SSSR count). The Hall–Kier alpha value is -1.60. The second-order valence-electron chi connectivity index (χ2n) is 6.28. The number of benzene rings is 1. The van der Waals surface area contributed by atoms with Gasteiger partial charge in [0.1, 0.15) is 0 Å². The van der Waals surface area contributed by atoms with Crippen LogP contribution in [0.2, 0.25) is 0 Å². The van der Waals surface area contributed by atoms with Crippen molar-refractivity contribution >= 4 is 16.0 Å². The molecule has 0 saturated carbocycles. The third-order valence-electron chi connectivity index (χ3n) is 4.41. The highest BCUT2D eigenvalue weighted by Gasteiger charge is 2.18. The van der Waals surface area contributed by atoms with Crippen LogP contribution in [-0.2, 0) is 23.0 Å². The molecule has 6 nitrogen and oxygen atoms in total. The fraction of sp³-hybridized carbons (Fsp3) is 0.611. The molecule has 1 aromatic carbocycles. The summed E-state index contributed by atoms with van der Waals surface area (Å²) in [6, 6.07) is 8.55. The number of sulfonamides is 1. The van der Waals surface area contributed by atoms with E-state index >= 15 is 0 Å². The van der Waals surface area contributed by atoms with Gasteiger partial charge in [-0.2, -0.15) is 0 Å². The predicted molar refractivity (Wildman–Crippen MR) is 103 cm³/mol. The highest BCUT2D eigenvalue weighted by Crippen LogP contribution is 2.18. The summed E-state index contributed by atoms with van der Waals surface area (Å²) >= 11 is 0. The van der Waals surface area contributed by atoms with Gasteiger partial charge in [0.15, 0.2) is 5.96 Å². The minimum Gasteiger partial charge on any atom is -0.357 e. The zero-order valence-electron chi connectivity index (χ0n) is 15.5. The molecule has 0 fully saturated rings. The molecule has 0 atom stereocenters. The van der Waals surface area contributed by atoms with Gasteiger partial charge in [0.25, 0.3) is 0 Å². The maximum atomic E-state index is 11.6. The summed E-state index contributed by atoms with van der Waals surface area (Å²) in [7, 11) is -3.12. The monoisotopic (exact) mass is 366 g/mol. The van der Waals surface area contributed by atoms with Crippen LogP contribution in [0, 0.1) is 0 Å². The average Bonchev–Trinajstić information content (AvgIpc) is 2.59. The van der Waals surface area contributed by atoms with Crippen molar-refractivity contribution in [1.29, 1.82) is 0 Å². The highest BCUT2D eigenvalue weighted by atomic mass is 32.2. The fourth-order valence-electron chi connectivity index (χ4n) is 3.09. The second-order valence-corrected chi connectivity index (χ2v) is 8.27. The minimum absolute atomic E-state index is 0.505. The van der Waals surface area contributed by atoms with E-state index in [2.05, 4.69) is 41.4 Å². The summed E-state index contributed by atoms with van der Waals surface area (Å²) in [4.78, 5) is 6.99. The summed E-state index contributed by atoms with van der Waals surface area (Å²) in [5.74, 6) is 0.916. The van der Waals surface area contributed by atoms with Crippen LogP contribution in [0.1, 0.15) is 31.4 Å². The molecule has 0 aliphatic carbocycles. The number of aliphatic imine (C=N–C) groups is 1. The first-order chi connectivity index (χ1) is 12.0. The molecular weight excluding hydrogens is 336 g/mol. The molecule has 140 valence electrons. The Morgan fingerprint density at radius 2 is 2.00 bits per heavy atom. The number of rotatable bonds is 7. The first-order valence-corrected chi connectivity index (χ1v) is 10.9. The Balaban J connectivity index is 1.95. The third-order valence-corrected chi connectivity index (χ3v) is 5.79. The number of nitrogens with zero attached hydrogens (tertiary/aromatic N) is 3. The molecule has 0 aromatic heterocycles. The van der Waals surface area contributed by atoms with Crippen LogP contribution >= 0.6 is 0 Å². The van der Waals surface area contributed by atoms with Gasteiger partial charge < -0.3 is 10.2 Å². The van der Waals surface area contributed by atoms with Gasteiger partial charge in [0.2, 0.25) is 10.0 Å². The third kappa shape index (κ3) is 5.71. The maximum absolute atomic E-state index is 11.6. The quantitative estimate of drug-likeness (QED) is 0.453. The van der Waals surface area contributed by atoms with Gasteiger partial charge in [-0.3, -0.25) is 4.99 Å². The Bertz CT molecular complexity index is 688. The zero-order chi connectivity index (χ0) is 18.3. The molecule has 7 heteroatoms. The van der Waals surface area contributed by atoms with Crippen molar-refractivity contribution in [3.8, 4) is 0 Å². The number of guanidine groups is 1. The van der Waals surface area contributed by atoms with Crippen molar-refractivity contribution in [2.24, 2.45) is 4.99 Å². The summed E-state index contributed by atoms with van der Waals surface area (Å²) in [6.07, 6.45) is 3.01. The summed E-state index contributed by atoms with van der Waals surface area (Å²) < 4.78 is 24.7. The lowest BCUT2D eigenvalue weighted by atomic mass is 10.0. The molecule has 0 spiro atoms. The van der Waals surface area contributed by atoms with Crippen LogP contribution in [-0.4, -0.2) is 62.6 Å². The van der Waals surface area contributed by atoms with Crippen molar-refractivity contribution in [3.05, 3.63) is 35.4 Å². The molecule has 0 amide bonds. The number of hydrogen-bond acceptors (Lipinski definition) is 3. The second kappa shape index (κ2) is 9.20. The van der Waals surface area contributed by atoms with Crippen molar-refractivity contribution in [3.63, 3.8) is 0 Å². The van der Waals surface area contributed by atoms with E-state index in [4.69, 9.17) is 4.99 Å². The number of hydrogen-bond donors (Lipinski definition) is 1. The molecule has 1 heterocycles. The van der Waals surface area contributed by atoms with E-state index in [0.29, 0.717) is 19.6 Å². The first kappa shape index (κ1) is 19.7. The van der Waals surface area contributed by atoms with Crippen LogP contribution in [0.4, 0.5) is 0 Å². The topological polar surface area (TPSA) is 65.0 Å². The van der Waals surface area contributed by atoms with Gasteiger partial charge in [-0.15, -0.1) is 0 Å². The van der Waals surface area contributed by atoms with Crippen LogP contribution in [0.15, 0.2) is 29.3 Å². The maximum Gasteiger partial charge on any atom is 0.211 e. The predicted octanol–water partition coefficient (Wildman–Crippen LogP) is 1.68. The van der Waals surface area contributed by atoms with E-state index < -0.39 is 10.0 Å². The molecule has 0 saturated heterocycles. The Kier molecular flexibility index (Phi) is 7.25. The van der Waals surface area contributed by atoms with Crippen LogP contribution in [0.25, 0.3) is 0 Å². The van der Waals surface area contributed by atoms with E-state index in [0.717, 1.165) is 38.4 Å². The largest absolute Gasteiger partial charge is 0.357 e. The number of nitrogens with one attached hydrogen (secondary N) is 1. The lowest BCUT2D eigenvalue weighted by molar-refractivity contribution is 0.377. The van der Waals surface area contributed by atoms with Gasteiger partial charge >= 0.3 is 0 Å². The summed E-state index contributed by atoms with van der Waals surface area (Å²) in [6.45, 7) is 8.20. The van der Waals surface area contributed by atoms with E-state index in [1.54, 1.807) is 0 Å². The molecule has 25 heavy (non-hydrogen) atoms. The molecule has 1 aromatic rings. The molecule has 0 radical (unpaired) electrons. The minimum atomic E-state index is -3.12. The van der Waals surface area contributed by atoms with Crippen molar-refractivity contribution in [2.45, 2.75) is 33.2 Å². The molecule has 0 unspecified atom stereocenters. The number of fused-ring (bicyclic) bond motifs is 1. The molecule has 1 N–H and O–H groups in total. The van der Waals surface area contributed by atoms with Gasteiger partial charge in [0, 0.05) is 39.3 Å². The average molecular weight is 367 g/mol. The van der Waals surface area contributed by atoms with Crippen molar-refractivity contribution in [2.75, 3.05) is 39.0 Å². The normalized spacial score (nSPS) is 15.4. The first-order valence-electron chi connectivity index (χ1n) is 9.00. The van der Waals surface area contributed by atoms with Crippen molar-refractivity contribution < 1.29 is 8.42 Å². The smallest absolute Gasteiger partial charge is 0.211 e. The molecule has 0 bridgehead atoms. The molecular formula is C18H30N4O2S. The Morgan fingerprint density at radius 1 is 1.28 bits per heavy atom. The van der Waals surface area contributed by atoms with Crippen LogP contribution < -0.4 is 5.32 Å². The summed E-state index contributed by atoms with van der Waals surface area (Å²) in [5.41, 5.74) is 2.77. The van der Waals surface area contributed by atoms with E-state index in [1.165, 1.54) is 21.7 Å². The lowest BCUT2D eigenvalue weighted by Crippen LogP contribution is -2.44. The van der Waals surface area contributed by atoms with E-state index in [1.807, 2.05) is 6.92 Å². The highest BCUT2D eigenvalue weighted by molar-refractivity contribution is 7.88. The molecule has 1 aliphatic heterocycles. The van der Waals surface area contributed by atoms with Gasteiger partial charge in [0.05, 0.1) is 6.26 Å². The van der Waals surface area contributed by atoms with Crippen LogP contribution in [0.3, 0.4) is 0 Å². The standard InChI is InChI=1S/C18H30N4O2S/c1-4-19-18(20-12-8-13-22(5-2)25(3,23)24)21-14-11-16-9-6-7-10-17(16)15-21/h6-7,9-10H,4-5,8,11-15H2,1-3H3,(H,19,20). The zero-order valence-corrected chi connectivity index (χ0v) is 16.3. The van der Waals surface area contributed by atoms with E-state index in [9.17, 15) is 8.42 Å². The van der Waals surface area contributed by atoms with Gasteiger partial charge in [-0.1, -0.05) is 31.2 Å². The van der Waals surface area contributed by atoms with Gasteiger partial charge in [-0.05, 0) is 30.9 Å². The fourth-order valence-corrected chi connectivity index (χ4v) is 4.02. The van der Waals surface area contributed by atoms with Gasteiger partial charge in [-0.25, -0.2) is 12.7 Å². The lowest BCUT2D eigenvalue weighted by Gasteiger charge is -2.31. The van der Waals surface area contributed by atoms with E-state index in [-0.39, 0.29) is 0 Å². The summed E-state index contributed by atoms with van der Waals surface area (Å²) in [5, 5.41) is 3.36. The van der Waals surface area contributed by atoms with Crippen LogP contribution in [0.5, 0.6) is 0 Å². The SMILES string of the molecule is CCNC(=NCCCN(CC)S(C)(=O)=O)N1CCc2ccccc2C1. The molecule has 1 aliphatic rings. The van der Waals surface area contributed by atoms with Crippen molar-refractivity contribution in [1.82, 2.24) is 14.5 Å².